The number of nitrogens with zero attached hydrogens (tertiary/aromatic N) is 1. The number of halogens is 5. The maximum Gasteiger partial charge on any atom is 0.416 e. The second-order valence-corrected chi connectivity index (χ2v) is 8.20. The SMILES string of the molecule is Cc1ccc(-c2ccc(C(F)(F)F)cc2OCc2ccc(F)cc2)n1-c1ccc(Cl)c(C(=O)O)c1. The van der Waals surface area contributed by atoms with Crippen LogP contribution in [0.4, 0.5) is 17.6 Å². The van der Waals surface area contributed by atoms with E-state index >= 15 is 0 Å². The molecule has 4 nitrogen and oxygen atoms in total. The fraction of sp³-hybridized carbons (Fsp3) is 0.115. The number of carboxylic acid groups (broad SMARTS) is 1. The Hall–Kier alpha value is -3.78. The van der Waals surface area contributed by atoms with Gasteiger partial charge < -0.3 is 14.4 Å². The Morgan fingerprint density at radius 3 is 2.37 bits per heavy atom. The number of rotatable bonds is 6. The Labute approximate surface area is 203 Å². The summed E-state index contributed by atoms with van der Waals surface area (Å²) < 4.78 is 61.0. The van der Waals surface area contributed by atoms with Gasteiger partial charge >= 0.3 is 12.1 Å². The molecule has 0 aliphatic rings. The van der Waals surface area contributed by atoms with Crippen LogP contribution in [0, 0.1) is 12.7 Å². The zero-order chi connectivity index (χ0) is 25.3. The van der Waals surface area contributed by atoms with E-state index in [0.29, 0.717) is 28.2 Å². The number of hydrogen-bond acceptors (Lipinski definition) is 2. The van der Waals surface area contributed by atoms with Crippen molar-refractivity contribution in [1.82, 2.24) is 4.57 Å². The van der Waals surface area contributed by atoms with Crippen LogP contribution in [-0.4, -0.2) is 15.6 Å². The molecule has 0 fully saturated rings. The summed E-state index contributed by atoms with van der Waals surface area (Å²) in [5.74, 6) is -1.68. The van der Waals surface area contributed by atoms with Gasteiger partial charge in [-0.3, -0.25) is 0 Å². The van der Waals surface area contributed by atoms with E-state index in [0.717, 1.165) is 12.1 Å². The molecule has 35 heavy (non-hydrogen) atoms. The van der Waals surface area contributed by atoms with Crippen molar-refractivity contribution in [2.75, 3.05) is 0 Å². The number of benzene rings is 3. The topological polar surface area (TPSA) is 51.5 Å². The molecule has 1 N–H and O–H groups in total. The summed E-state index contributed by atoms with van der Waals surface area (Å²) in [6, 6.07) is 16.5. The van der Waals surface area contributed by atoms with Gasteiger partial charge in [0.2, 0.25) is 0 Å². The first-order valence-electron chi connectivity index (χ1n) is 10.3. The van der Waals surface area contributed by atoms with Crippen LogP contribution < -0.4 is 4.74 Å². The van der Waals surface area contributed by atoms with E-state index in [2.05, 4.69) is 0 Å². The normalized spacial score (nSPS) is 11.5. The summed E-state index contributed by atoms with van der Waals surface area (Å²) in [5, 5.41) is 9.51. The van der Waals surface area contributed by atoms with Crippen molar-refractivity contribution in [3.8, 4) is 22.7 Å². The predicted molar refractivity (Wildman–Crippen MR) is 124 cm³/mol. The summed E-state index contributed by atoms with van der Waals surface area (Å²) in [6.07, 6.45) is -4.59. The molecular formula is C26H18ClF4NO3. The molecule has 1 aromatic heterocycles. The lowest BCUT2D eigenvalue weighted by atomic mass is 10.1. The highest BCUT2D eigenvalue weighted by Crippen LogP contribution is 2.39. The number of carboxylic acids is 1. The predicted octanol–water partition coefficient (Wildman–Crippen LogP) is 7.54. The molecule has 180 valence electrons. The maximum absolute atomic E-state index is 13.4. The van der Waals surface area contributed by atoms with Crippen molar-refractivity contribution in [2.24, 2.45) is 0 Å². The molecule has 0 radical (unpaired) electrons. The van der Waals surface area contributed by atoms with Crippen molar-refractivity contribution in [3.05, 3.63) is 106 Å². The molecule has 3 aromatic carbocycles. The quantitative estimate of drug-likeness (QED) is 0.276. The van der Waals surface area contributed by atoms with Crippen LogP contribution >= 0.6 is 11.6 Å². The van der Waals surface area contributed by atoms with Gasteiger partial charge in [-0.25, -0.2) is 9.18 Å². The Bertz CT molecular complexity index is 1390. The van der Waals surface area contributed by atoms with E-state index in [1.165, 1.54) is 42.5 Å². The van der Waals surface area contributed by atoms with Crippen LogP contribution in [0.15, 0.2) is 72.8 Å². The molecule has 0 aliphatic carbocycles. The minimum Gasteiger partial charge on any atom is -0.488 e. The van der Waals surface area contributed by atoms with Gasteiger partial charge in [-0.05, 0) is 73.2 Å². The highest BCUT2D eigenvalue weighted by molar-refractivity contribution is 6.33. The van der Waals surface area contributed by atoms with Gasteiger partial charge in [0.05, 0.1) is 21.8 Å². The molecule has 0 aliphatic heterocycles. The number of aromatic nitrogens is 1. The third-order valence-electron chi connectivity index (χ3n) is 5.41. The van der Waals surface area contributed by atoms with Crippen molar-refractivity contribution in [2.45, 2.75) is 19.7 Å². The summed E-state index contributed by atoms with van der Waals surface area (Å²) in [4.78, 5) is 11.6. The fourth-order valence-electron chi connectivity index (χ4n) is 3.68. The van der Waals surface area contributed by atoms with Gasteiger partial charge in [0.1, 0.15) is 18.2 Å². The molecule has 0 atom stereocenters. The van der Waals surface area contributed by atoms with E-state index in [-0.39, 0.29) is 22.9 Å². The fourth-order valence-corrected chi connectivity index (χ4v) is 3.88. The Kier molecular flexibility index (Phi) is 6.58. The molecule has 9 heteroatoms. The lowest BCUT2D eigenvalue weighted by Crippen LogP contribution is -2.07. The molecular weight excluding hydrogens is 486 g/mol. The lowest BCUT2D eigenvalue weighted by molar-refractivity contribution is -0.137. The number of aryl methyl sites for hydroxylation is 1. The maximum atomic E-state index is 13.4. The first-order chi connectivity index (χ1) is 16.5. The summed E-state index contributed by atoms with van der Waals surface area (Å²) in [5.41, 5.74) is 1.61. The minimum absolute atomic E-state index is 0.0316. The molecule has 0 saturated heterocycles. The second-order valence-electron chi connectivity index (χ2n) is 7.79. The van der Waals surface area contributed by atoms with Crippen molar-refractivity contribution >= 4 is 17.6 Å². The van der Waals surface area contributed by atoms with Crippen molar-refractivity contribution < 1.29 is 32.2 Å². The van der Waals surface area contributed by atoms with Crippen LogP contribution in [0.1, 0.15) is 27.2 Å². The van der Waals surface area contributed by atoms with Gasteiger partial charge in [0.15, 0.2) is 0 Å². The molecule has 1 heterocycles. The number of ether oxygens (including phenoxy) is 1. The Balaban J connectivity index is 1.82. The average molecular weight is 504 g/mol. The third-order valence-corrected chi connectivity index (χ3v) is 5.74. The number of hydrogen-bond donors (Lipinski definition) is 1. The highest BCUT2D eigenvalue weighted by atomic mass is 35.5. The van der Waals surface area contributed by atoms with E-state index in [1.54, 1.807) is 29.7 Å². The van der Waals surface area contributed by atoms with Crippen molar-refractivity contribution in [1.29, 1.82) is 0 Å². The first-order valence-corrected chi connectivity index (χ1v) is 10.7. The van der Waals surface area contributed by atoms with E-state index < -0.39 is 23.5 Å². The van der Waals surface area contributed by atoms with Crippen LogP contribution in [0.2, 0.25) is 5.02 Å². The molecule has 4 aromatic rings. The molecule has 0 bridgehead atoms. The van der Waals surface area contributed by atoms with Crippen LogP contribution in [0.3, 0.4) is 0 Å². The molecule has 0 saturated carbocycles. The second kappa shape index (κ2) is 9.46. The van der Waals surface area contributed by atoms with Gasteiger partial charge in [-0.15, -0.1) is 0 Å². The number of aromatic carboxylic acids is 1. The van der Waals surface area contributed by atoms with Gasteiger partial charge in [0.25, 0.3) is 0 Å². The highest BCUT2D eigenvalue weighted by Gasteiger charge is 2.32. The summed E-state index contributed by atoms with van der Waals surface area (Å²) in [6.45, 7) is 1.69. The van der Waals surface area contributed by atoms with Gasteiger partial charge in [-0.2, -0.15) is 13.2 Å². The monoisotopic (exact) mass is 503 g/mol. The standard InChI is InChI=1S/C26H18ClF4NO3/c1-15-2-11-23(32(15)19-8-10-22(27)21(13-19)25(33)34)20-9-5-17(26(29,30)31)12-24(20)35-14-16-3-6-18(28)7-4-16/h2-13H,14H2,1H3,(H,33,34). The Morgan fingerprint density at radius 1 is 1.00 bits per heavy atom. The number of alkyl halides is 3. The third kappa shape index (κ3) is 5.17. The molecule has 0 unspecified atom stereocenters. The van der Waals surface area contributed by atoms with E-state index in [9.17, 15) is 27.5 Å². The molecule has 0 amide bonds. The zero-order valence-corrected chi connectivity index (χ0v) is 19.0. The average Bonchev–Trinajstić information content (AvgIpc) is 3.19. The van der Waals surface area contributed by atoms with Crippen molar-refractivity contribution in [3.63, 3.8) is 0 Å². The minimum atomic E-state index is -4.59. The van der Waals surface area contributed by atoms with Gasteiger partial charge in [-0.1, -0.05) is 23.7 Å². The van der Waals surface area contributed by atoms with Crippen LogP contribution in [0.25, 0.3) is 16.9 Å². The first kappa shape index (κ1) is 24.3. The van der Waals surface area contributed by atoms with E-state index in [1.807, 2.05) is 0 Å². The van der Waals surface area contributed by atoms with Crippen LogP contribution in [-0.2, 0) is 12.8 Å². The largest absolute Gasteiger partial charge is 0.488 e. The lowest BCUT2D eigenvalue weighted by Gasteiger charge is -2.18. The zero-order valence-electron chi connectivity index (χ0n) is 18.2. The van der Waals surface area contributed by atoms with Crippen LogP contribution in [0.5, 0.6) is 5.75 Å². The summed E-state index contributed by atoms with van der Waals surface area (Å²) in [7, 11) is 0. The number of carbonyl (C=O) groups is 1. The smallest absolute Gasteiger partial charge is 0.416 e. The Morgan fingerprint density at radius 2 is 1.71 bits per heavy atom. The molecule has 4 rings (SSSR count). The summed E-state index contributed by atoms with van der Waals surface area (Å²) >= 11 is 6.00. The molecule has 0 spiro atoms. The van der Waals surface area contributed by atoms with E-state index in [4.69, 9.17) is 16.3 Å². The van der Waals surface area contributed by atoms with Gasteiger partial charge in [0, 0.05) is 16.9 Å².